The number of nitrogens with zero attached hydrogens (tertiary/aromatic N) is 8. The molecule has 4 aromatic heterocycles. The Bertz CT molecular complexity index is 1370. The zero-order valence-corrected chi connectivity index (χ0v) is 16.2. The number of ether oxygens (including phenoxy) is 1. The molecule has 1 aromatic carbocycles. The van der Waals surface area contributed by atoms with E-state index < -0.39 is 5.97 Å². The summed E-state index contributed by atoms with van der Waals surface area (Å²) in [5.41, 5.74) is 4.20. The summed E-state index contributed by atoms with van der Waals surface area (Å²) in [4.78, 5) is 20.4. The lowest BCUT2D eigenvalue weighted by Gasteiger charge is -2.04. The molecule has 0 aliphatic heterocycles. The molecule has 10 nitrogen and oxygen atoms in total. The Hall–Kier alpha value is -4.21. The van der Waals surface area contributed by atoms with Gasteiger partial charge in [0.15, 0.2) is 17.0 Å². The lowest BCUT2D eigenvalue weighted by molar-refractivity contribution is -0.139. The van der Waals surface area contributed by atoms with Crippen LogP contribution in [0.25, 0.3) is 34.0 Å². The fourth-order valence-electron chi connectivity index (χ4n) is 3.16. The molecule has 0 N–H and O–H groups in total. The topological polar surface area (TPSA) is 113 Å². The number of carbonyl (C=O) groups excluding carboxylic acids is 1. The highest BCUT2D eigenvalue weighted by molar-refractivity contribution is 5.82. The van der Waals surface area contributed by atoms with E-state index in [1.165, 1.54) is 7.11 Å². The Balaban J connectivity index is 1.78. The summed E-state index contributed by atoms with van der Waals surface area (Å²) in [5, 5.41) is 17.7. The number of aryl methyl sites for hydroxylation is 1. The van der Waals surface area contributed by atoms with Gasteiger partial charge >= 0.3 is 5.97 Å². The minimum atomic E-state index is -0.414. The van der Waals surface area contributed by atoms with Crippen molar-refractivity contribution in [1.29, 1.82) is 0 Å². The molecule has 0 spiro atoms. The third-order valence-electron chi connectivity index (χ3n) is 4.69. The van der Waals surface area contributed by atoms with E-state index in [1.807, 2.05) is 43.3 Å². The van der Waals surface area contributed by atoms with Gasteiger partial charge in [-0.3, -0.25) is 9.78 Å². The van der Waals surface area contributed by atoms with Crippen LogP contribution in [-0.2, 0) is 16.0 Å². The largest absolute Gasteiger partial charge is 0.469 e. The number of carbonyl (C=O) groups is 1. The molecule has 0 bridgehead atoms. The predicted molar refractivity (Wildman–Crippen MR) is 107 cm³/mol. The van der Waals surface area contributed by atoms with E-state index in [9.17, 15) is 4.79 Å². The van der Waals surface area contributed by atoms with Gasteiger partial charge in [0.1, 0.15) is 5.69 Å². The highest BCUT2D eigenvalue weighted by Gasteiger charge is 2.22. The third kappa shape index (κ3) is 2.94. The molecular formula is C20H16N8O2. The number of fused-ring (bicyclic) bond motifs is 3. The van der Waals surface area contributed by atoms with E-state index in [0.717, 1.165) is 16.8 Å². The molecule has 0 fully saturated rings. The van der Waals surface area contributed by atoms with E-state index in [2.05, 4.69) is 30.4 Å². The van der Waals surface area contributed by atoms with Crippen molar-refractivity contribution in [2.75, 3.05) is 7.11 Å². The van der Waals surface area contributed by atoms with Gasteiger partial charge in [0.2, 0.25) is 0 Å². The third-order valence-corrected chi connectivity index (χ3v) is 4.69. The molecule has 10 heteroatoms. The van der Waals surface area contributed by atoms with Crippen molar-refractivity contribution in [3.05, 3.63) is 60.0 Å². The van der Waals surface area contributed by atoms with Crippen LogP contribution in [0.2, 0.25) is 0 Å². The molecule has 148 valence electrons. The van der Waals surface area contributed by atoms with Crippen molar-refractivity contribution in [3.8, 4) is 17.1 Å². The maximum absolute atomic E-state index is 11.9. The summed E-state index contributed by atoms with van der Waals surface area (Å²) in [6.07, 6.45) is 3.32. The van der Waals surface area contributed by atoms with Crippen LogP contribution >= 0.6 is 0 Å². The van der Waals surface area contributed by atoms with Gasteiger partial charge in [-0.1, -0.05) is 17.7 Å². The first kappa shape index (κ1) is 17.9. The number of rotatable bonds is 4. The normalized spacial score (nSPS) is 11.3. The molecular weight excluding hydrogens is 384 g/mol. The SMILES string of the molecule is COC(=O)Cc1nn(-c2ccc(C)cc2)c2c1nnc1nc(-c3ccncc3)nn12. The molecule has 0 amide bonds. The van der Waals surface area contributed by atoms with Gasteiger partial charge in [0.25, 0.3) is 5.78 Å². The summed E-state index contributed by atoms with van der Waals surface area (Å²) >= 11 is 0. The molecule has 0 saturated heterocycles. The molecule has 0 radical (unpaired) electrons. The summed E-state index contributed by atoms with van der Waals surface area (Å²) in [6.45, 7) is 2.01. The first-order chi connectivity index (χ1) is 14.6. The van der Waals surface area contributed by atoms with E-state index in [-0.39, 0.29) is 6.42 Å². The second-order valence-electron chi connectivity index (χ2n) is 6.70. The van der Waals surface area contributed by atoms with Crippen LogP contribution in [0.15, 0.2) is 48.8 Å². The monoisotopic (exact) mass is 400 g/mol. The van der Waals surface area contributed by atoms with E-state index in [1.54, 1.807) is 21.6 Å². The average Bonchev–Trinajstić information content (AvgIpc) is 3.36. The number of benzene rings is 1. The van der Waals surface area contributed by atoms with Crippen LogP contribution in [0.5, 0.6) is 0 Å². The molecule has 5 aromatic rings. The number of hydrogen-bond donors (Lipinski definition) is 0. The summed E-state index contributed by atoms with van der Waals surface area (Å²) in [6, 6.07) is 11.5. The van der Waals surface area contributed by atoms with Gasteiger partial charge in [0, 0.05) is 18.0 Å². The van der Waals surface area contributed by atoms with Crippen molar-refractivity contribution in [2.24, 2.45) is 0 Å². The van der Waals surface area contributed by atoms with Crippen molar-refractivity contribution in [2.45, 2.75) is 13.3 Å². The van der Waals surface area contributed by atoms with Crippen LogP contribution in [0, 0.1) is 6.92 Å². The Morgan fingerprint density at radius 1 is 1.03 bits per heavy atom. The van der Waals surface area contributed by atoms with Gasteiger partial charge in [-0.2, -0.15) is 14.6 Å². The summed E-state index contributed by atoms with van der Waals surface area (Å²) in [7, 11) is 1.34. The second kappa shape index (κ2) is 6.99. The molecule has 0 aliphatic carbocycles. The molecule has 0 saturated carbocycles. The first-order valence-corrected chi connectivity index (χ1v) is 9.19. The van der Waals surface area contributed by atoms with Crippen LogP contribution in [0.1, 0.15) is 11.3 Å². The van der Waals surface area contributed by atoms with Crippen LogP contribution < -0.4 is 0 Å². The van der Waals surface area contributed by atoms with E-state index in [0.29, 0.717) is 28.5 Å². The van der Waals surface area contributed by atoms with Crippen LogP contribution in [0.3, 0.4) is 0 Å². The second-order valence-corrected chi connectivity index (χ2v) is 6.70. The lowest BCUT2D eigenvalue weighted by atomic mass is 10.2. The number of esters is 1. The number of aromatic nitrogens is 8. The summed E-state index contributed by atoms with van der Waals surface area (Å²) in [5.74, 6) is 0.404. The van der Waals surface area contributed by atoms with Gasteiger partial charge < -0.3 is 4.74 Å². The van der Waals surface area contributed by atoms with Crippen LogP contribution in [-0.4, -0.2) is 52.6 Å². The maximum atomic E-state index is 11.9. The fourth-order valence-corrected chi connectivity index (χ4v) is 3.16. The number of pyridine rings is 1. The Kier molecular flexibility index (Phi) is 4.16. The minimum Gasteiger partial charge on any atom is -0.469 e. The van der Waals surface area contributed by atoms with Crippen molar-refractivity contribution < 1.29 is 9.53 Å². The highest BCUT2D eigenvalue weighted by Crippen LogP contribution is 2.23. The zero-order chi connectivity index (χ0) is 20.7. The Morgan fingerprint density at radius 2 is 1.80 bits per heavy atom. The fraction of sp³-hybridized carbons (Fsp3) is 0.150. The van der Waals surface area contributed by atoms with Crippen molar-refractivity contribution in [1.82, 2.24) is 39.6 Å². The Labute approximate surface area is 170 Å². The van der Waals surface area contributed by atoms with E-state index in [4.69, 9.17) is 4.74 Å². The number of hydrogen-bond acceptors (Lipinski definition) is 8. The Morgan fingerprint density at radius 3 is 2.53 bits per heavy atom. The van der Waals surface area contributed by atoms with E-state index >= 15 is 0 Å². The average molecular weight is 400 g/mol. The van der Waals surface area contributed by atoms with Gasteiger partial charge in [-0.25, -0.2) is 4.68 Å². The molecule has 4 heterocycles. The zero-order valence-electron chi connectivity index (χ0n) is 16.2. The van der Waals surface area contributed by atoms with Gasteiger partial charge in [-0.15, -0.1) is 15.3 Å². The van der Waals surface area contributed by atoms with Gasteiger partial charge in [-0.05, 0) is 31.2 Å². The highest BCUT2D eigenvalue weighted by atomic mass is 16.5. The lowest BCUT2D eigenvalue weighted by Crippen LogP contribution is -2.06. The van der Waals surface area contributed by atoms with Crippen molar-refractivity contribution >= 4 is 22.9 Å². The smallest absolute Gasteiger partial charge is 0.311 e. The molecule has 0 atom stereocenters. The van der Waals surface area contributed by atoms with Crippen LogP contribution in [0.4, 0.5) is 0 Å². The predicted octanol–water partition coefficient (Wildman–Crippen LogP) is 1.94. The quantitative estimate of drug-likeness (QED) is 0.421. The molecule has 0 unspecified atom stereocenters. The minimum absolute atomic E-state index is 0.0298. The molecule has 0 aliphatic rings. The first-order valence-electron chi connectivity index (χ1n) is 9.19. The molecule has 5 rings (SSSR count). The summed E-state index contributed by atoms with van der Waals surface area (Å²) < 4.78 is 8.09. The van der Waals surface area contributed by atoms with Gasteiger partial charge in [0.05, 0.1) is 19.2 Å². The molecule has 30 heavy (non-hydrogen) atoms. The maximum Gasteiger partial charge on any atom is 0.311 e. The standard InChI is InChI=1S/C20H16N8O2/c1-12-3-5-14(6-4-12)27-19-17(15(25-27)11-16(29)30-2)23-24-20-22-18(26-28(19)20)13-7-9-21-10-8-13/h3-10H,11H2,1-2H3. The number of methoxy groups -OCH3 is 1. The van der Waals surface area contributed by atoms with Crippen molar-refractivity contribution in [3.63, 3.8) is 0 Å².